The van der Waals surface area contributed by atoms with Crippen LogP contribution in [0.5, 0.6) is 0 Å². The fraction of sp³-hybridized carbons (Fsp3) is 0.200. The molecule has 9 heavy (non-hydrogen) atoms. The Morgan fingerprint density at radius 3 is 2.56 bits per heavy atom. The van der Waals surface area contributed by atoms with Crippen molar-refractivity contribution < 1.29 is 0 Å². The molecule has 1 aromatic heterocycles. The van der Waals surface area contributed by atoms with E-state index in [9.17, 15) is 0 Å². The largest absolute Gasteiger partial charge is 0.256 e. The molecule has 48 valence electrons. The molecule has 0 unspecified atom stereocenters. The third kappa shape index (κ3) is 1.72. The summed E-state index contributed by atoms with van der Waals surface area (Å²) >= 11 is 6.44. The van der Waals surface area contributed by atoms with Gasteiger partial charge >= 0.3 is 0 Å². The molecular weight excluding hydrogens is 248 g/mol. The average molecular weight is 252 g/mol. The van der Waals surface area contributed by atoms with E-state index in [2.05, 4.69) is 41.8 Å². The van der Waals surface area contributed by atoms with Gasteiger partial charge in [-0.1, -0.05) is 0 Å². The lowest BCUT2D eigenvalue weighted by atomic mass is 10.5. The maximum atomic E-state index is 4.04. The van der Waals surface area contributed by atoms with E-state index in [1.165, 1.54) is 0 Å². The summed E-state index contributed by atoms with van der Waals surface area (Å²) in [6.07, 6.45) is 1.67. The molecule has 0 saturated carbocycles. The molecule has 0 bridgehead atoms. The number of halogens is 2. The van der Waals surface area contributed by atoms with E-state index in [0.29, 0.717) is 0 Å². The predicted octanol–water partition coefficient (Wildman–Crippen LogP) is 2.31. The highest BCUT2D eigenvalue weighted by Crippen LogP contribution is 2.12. The molecule has 1 rings (SSSR count). The van der Waals surface area contributed by atoms with Gasteiger partial charge in [0.2, 0.25) is 0 Å². The van der Waals surface area contributed by atoms with Crippen LogP contribution in [0.3, 0.4) is 0 Å². The van der Waals surface area contributed by atoms with Crippen LogP contribution in [0.25, 0.3) is 0 Å². The minimum atomic E-state index is 0.750. The Bertz CT molecular complexity index is 224. The first-order chi connectivity index (χ1) is 4.20. The summed E-state index contributed by atoms with van der Waals surface area (Å²) in [5.41, 5.74) is 0.901. The molecule has 0 saturated heterocycles. The zero-order chi connectivity index (χ0) is 6.85. The van der Waals surface area contributed by atoms with Gasteiger partial charge < -0.3 is 0 Å². The van der Waals surface area contributed by atoms with Crippen LogP contribution in [0.4, 0.5) is 0 Å². The normalized spacial score (nSPS) is 9.67. The summed E-state index contributed by atoms with van der Waals surface area (Å²) in [7, 11) is 0. The van der Waals surface area contributed by atoms with Crippen molar-refractivity contribution in [3.05, 3.63) is 21.1 Å². The Kier molecular flexibility index (Phi) is 2.18. The lowest BCUT2D eigenvalue weighted by molar-refractivity contribution is 1.06. The van der Waals surface area contributed by atoms with Crippen LogP contribution in [0, 0.1) is 6.92 Å². The summed E-state index contributed by atoms with van der Waals surface area (Å²) < 4.78 is 1.54. The predicted molar refractivity (Wildman–Crippen MR) is 42.2 cm³/mol. The monoisotopic (exact) mass is 250 g/mol. The van der Waals surface area contributed by atoms with Gasteiger partial charge in [-0.3, -0.25) is 4.98 Å². The summed E-state index contributed by atoms with van der Waals surface area (Å²) in [5, 5.41) is 0. The Morgan fingerprint density at radius 2 is 2.11 bits per heavy atom. The second kappa shape index (κ2) is 2.75. The van der Waals surface area contributed by atoms with Crippen LogP contribution in [-0.4, -0.2) is 9.97 Å². The molecule has 0 amide bonds. The molecule has 1 heterocycles. The molecule has 0 radical (unpaired) electrons. The molecule has 2 nitrogen and oxygen atoms in total. The highest BCUT2D eigenvalue weighted by Gasteiger charge is 1.95. The van der Waals surface area contributed by atoms with E-state index in [4.69, 9.17) is 0 Å². The van der Waals surface area contributed by atoms with Crippen LogP contribution in [-0.2, 0) is 0 Å². The number of aryl methyl sites for hydroxylation is 1. The van der Waals surface area contributed by atoms with Crippen molar-refractivity contribution >= 4 is 31.9 Å². The molecule has 0 spiro atoms. The summed E-state index contributed by atoms with van der Waals surface area (Å²) in [5.74, 6) is 0. The van der Waals surface area contributed by atoms with Crippen LogP contribution in [0.1, 0.15) is 5.69 Å². The van der Waals surface area contributed by atoms with E-state index in [1.807, 2.05) is 6.92 Å². The number of aromatic nitrogens is 2. The summed E-state index contributed by atoms with van der Waals surface area (Å²) in [6, 6.07) is 0. The lowest BCUT2D eigenvalue weighted by Crippen LogP contribution is -1.85. The van der Waals surface area contributed by atoms with E-state index in [1.54, 1.807) is 6.20 Å². The van der Waals surface area contributed by atoms with E-state index in [0.717, 1.165) is 14.9 Å². The molecule has 0 fully saturated rings. The molecule has 0 aliphatic heterocycles. The fourth-order valence-electron chi connectivity index (χ4n) is 0.407. The Morgan fingerprint density at radius 1 is 1.44 bits per heavy atom. The minimum Gasteiger partial charge on any atom is -0.256 e. The van der Waals surface area contributed by atoms with Crippen LogP contribution >= 0.6 is 31.9 Å². The first-order valence-corrected chi connectivity index (χ1v) is 3.93. The Balaban J connectivity index is 3.17. The maximum absolute atomic E-state index is 4.04. The molecule has 0 N–H and O–H groups in total. The van der Waals surface area contributed by atoms with Crippen molar-refractivity contribution in [3.8, 4) is 0 Å². The second-order valence-electron chi connectivity index (χ2n) is 1.57. The zero-order valence-electron chi connectivity index (χ0n) is 4.73. The van der Waals surface area contributed by atoms with Gasteiger partial charge in [0, 0.05) is 0 Å². The fourth-order valence-corrected chi connectivity index (χ4v) is 1.22. The van der Waals surface area contributed by atoms with Crippen molar-refractivity contribution in [2.45, 2.75) is 6.92 Å². The minimum absolute atomic E-state index is 0.750. The number of hydrogen-bond acceptors (Lipinski definition) is 2. The Hall–Kier alpha value is 0.0400. The van der Waals surface area contributed by atoms with Crippen molar-refractivity contribution in [2.75, 3.05) is 0 Å². The van der Waals surface area contributed by atoms with Crippen LogP contribution in [0.2, 0.25) is 0 Å². The van der Waals surface area contributed by atoms with Gasteiger partial charge in [-0.2, -0.15) is 0 Å². The topological polar surface area (TPSA) is 25.8 Å². The molecule has 4 heteroatoms. The van der Waals surface area contributed by atoms with Crippen molar-refractivity contribution in [2.24, 2.45) is 0 Å². The smallest absolute Gasteiger partial charge is 0.128 e. The zero-order valence-corrected chi connectivity index (χ0v) is 7.90. The molecule has 0 aliphatic carbocycles. The first kappa shape index (κ1) is 7.15. The van der Waals surface area contributed by atoms with Gasteiger partial charge in [0.1, 0.15) is 9.21 Å². The average Bonchev–Trinajstić information content (AvgIpc) is 1.80. The van der Waals surface area contributed by atoms with Gasteiger partial charge in [-0.15, -0.1) is 0 Å². The first-order valence-electron chi connectivity index (χ1n) is 2.35. The highest BCUT2D eigenvalue weighted by molar-refractivity contribution is 9.11. The van der Waals surface area contributed by atoms with Crippen molar-refractivity contribution in [3.63, 3.8) is 0 Å². The van der Waals surface area contributed by atoms with E-state index < -0.39 is 0 Å². The maximum Gasteiger partial charge on any atom is 0.128 e. The molecule has 0 aliphatic rings. The lowest BCUT2D eigenvalue weighted by Gasteiger charge is -1.93. The van der Waals surface area contributed by atoms with Gasteiger partial charge in [-0.05, 0) is 38.8 Å². The highest BCUT2D eigenvalue weighted by atomic mass is 79.9. The molecule has 0 aromatic carbocycles. The standard InChI is InChI=1S/C5H4Br2N2/c1-3-5(7)9-4(6)2-8-3/h2H,1H3. The van der Waals surface area contributed by atoms with Crippen LogP contribution < -0.4 is 0 Å². The number of rotatable bonds is 0. The number of nitrogens with zero attached hydrogens (tertiary/aromatic N) is 2. The van der Waals surface area contributed by atoms with Gasteiger partial charge in [-0.25, -0.2) is 4.98 Å². The van der Waals surface area contributed by atoms with Crippen molar-refractivity contribution in [1.82, 2.24) is 9.97 Å². The third-order valence-corrected chi connectivity index (χ3v) is 2.00. The number of hydrogen-bond donors (Lipinski definition) is 0. The summed E-state index contributed by atoms with van der Waals surface area (Å²) in [6.45, 7) is 1.89. The van der Waals surface area contributed by atoms with Gasteiger partial charge in [0.25, 0.3) is 0 Å². The van der Waals surface area contributed by atoms with Crippen LogP contribution in [0.15, 0.2) is 15.4 Å². The molecular formula is C5H4Br2N2. The molecule has 1 aromatic rings. The van der Waals surface area contributed by atoms with E-state index >= 15 is 0 Å². The molecule has 0 atom stereocenters. The van der Waals surface area contributed by atoms with E-state index in [-0.39, 0.29) is 0 Å². The second-order valence-corrected chi connectivity index (χ2v) is 3.13. The van der Waals surface area contributed by atoms with Gasteiger partial charge in [0.05, 0.1) is 11.9 Å². The SMILES string of the molecule is Cc1ncc(Br)nc1Br. The summed E-state index contributed by atoms with van der Waals surface area (Å²) in [4.78, 5) is 8.07. The third-order valence-electron chi connectivity index (χ3n) is 0.868. The van der Waals surface area contributed by atoms with Crippen molar-refractivity contribution in [1.29, 1.82) is 0 Å². The quantitative estimate of drug-likeness (QED) is 0.707. The van der Waals surface area contributed by atoms with Gasteiger partial charge in [0.15, 0.2) is 0 Å². The Labute approximate surface area is 70.0 Å².